The number of carbonyl (C=O) groups is 1. The minimum Gasteiger partial charge on any atom is -0.489 e. The number of para-hydroxylation sites is 1. The van der Waals surface area contributed by atoms with Crippen molar-refractivity contribution < 1.29 is 14.6 Å². The number of ether oxygens (including phenoxy) is 1. The minimum atomic E-state index is -0.928. The number of rotatable bonds is 1. The van der Waals surface area contributed by atoms with Crippen LogP contribution in [-0.4, -0.2) is 17.2 Å². The predicted molar refractivity (Wildman–Crippen MR) is 51.9 cm³/mol. The van der Waals surface area contributed by atoms with E-state index in [1.54, 1.807) is 12.1 Å². The molecule has 0 fully saturated rings. The van der Waals surface area contributed by atoms with Gasteiger partial charge in [0.1, 0.15) is 17.4 Å². The third-order valence-corrected chi connectivity index (χ3v) is 2.77. The van der Waals surface area contributed by atoms with Crippen molar-refractivity contribution in [1.29, 1.82) is 0 Å². The SMILES string of the molecule is C[C@@H]1c2cccc(C(=O)O)c2O[C@@H]1C. The van der Waals surface area contributed by atoms with Crippen LogP contribution in [0.25, 0.3) is 0 Å². The molecule has 1 aliphatic heterocycles. The summed E-state index contributed by atoms with van der Waals surface area (Å²) in [5, 5.41) is 8.94. The molecule has 3 heteroatoms. The highest BCUT2D eigenvalue weighted by atomic mass is 16.5. The van der Waals surface area contributed by atoms with Crippen LogP contribution in [0.3, 0.4) is 0 Å². The van der Waals surface area contributed by atoms with E-state index in [4.69, 9.17) is 9.84 Å². The maximum Gasteiger partial charge on any atom is 0.339 e. The summed E-state index contributed by atoms with van der Waals surface area (Å²) in [6.07, 6.45) is 0.0606. The lowest BCUT2D eigenvalue weighted by Gasteiger charge is -2.07. The van der Waals surface area contributed by atoms with Gasteiger partial charge in [-0.1, -0.05) is 19.1 Å². The normalized spacial score (nSPS) is 24.1. The van der Waals surface area contributed by atoms with E-state index in [0.29, 0.717) is 5.75 Å². The largest absolute Gasteiger partial charge is 0.489 e. The molecule has 0 radical (unpaired) electrons. The summed E-state index contributed by atoms with van der Waals surface area (Å²) >= 11 is 0. The molecule has 0 saturated carbocycles. The van der Waals surface area contributed by atoms with Crippen molar-refractivity contribution in [3.8, 4) is 5.75 Å². The van der Waals surface area contributed by atoms with Gasteiger partial charge in [-0.05, 0) is 13.0 Å². The minimum absolute atomic E-state index is 0.0606. The summed E-state index contributed by atoms with van der Waals surface area (Å²) in [5.41, 5.74) is 1.26. The van der Waals surface area contributed by atoms with Crippen LogP contribution in [0.4, 0.5) is 0 Å². The fourth-order valence-electron chi connectivity index (χ4n) is 1.75. The first kappa shape index (κ1) is 9.06. The monoisotopic (exact) mass is 192 g/mol. The highest BCUT2D eigenvalue weighted by Crippen LogP contribution is 2.39. The molecule has 0 bridgehead atoms. The van der Waals surface area contributed by atoms with E-state index in [1.165, 1.54) is 0 Å². The third kappa shape index (κ3) is 1.16. The van der Waals surface area contributed by atoms with Crippen molar-refractivity contribution in [3.63, 3.8) is 0 Å². The van der Waals surface area contributed by atoms with Gasteiger partial charge in [-0.3, -0.25) is 0 Å². The molecule has 3 nitrogen and oxygen atoms in total. The lowest BCUT2D eigenvalue weighted by Crippen LogP contribution is -2.11. The number of hydrogen-bond acceptors (Lipinski definition) is 2. The van der Waals surface area contributed by atoms with Gasteiger partial charge in [0.25, 0.3) is 0 Å². The Morgan fingerprint density at radius 1 is 1.43 bits per heavy atom. The number of hydrogen-bond donors (Lipinski definition) is 1. The molecular weight excluding hydrogens is 180 g/mol. The first-order valence-electron chi connectivity index (χ1n) is 4.64. The molecule has 1 aliphatic rings. The molecule has 1 aromatic rings. The molecular formula is C11H12O3. The van der Waals surface area contributed by atoms with E-state index < -0.39 is 5.97 Å². The lowest BCUT2D eigenvalue weighted by atomic mass is 9.97. The van der Waals surface area contributed by atoms with Crippen LogP contribution >= 0.6 is 0 Å². The lowest BCUT2D eigenvalue weighted by molar-refractivity contribution is 0.0691. The van der Waals surface area contributed by atoms with Crippen molar-refractivity contribution in [1.82, 2.24) is 0 Å². The van der Waals surface area contributed by atoms with Gasteiger partial charge < -0.3 is 9.84 Å². The molecule has 1 aromatic carbocycles. The number of fused-ring (bicyclic) bond motifs is 1. The van der Waals surface area contributed by atoms with Crippen LogP contribution in [0.5, 0.6) is 5.75 Å². The van der Waals surface area contributed by atoms with Crippen molar-refractivity contribution in [2.24, 2.45) is 0 Å². The fraction of sp³-hybridized carbons (Fsp3) is 0.364. The Morgan fingerprint density at radius 2 is 2.14 bits per heavy atom. The Morgan fingerprint density at radius 3 is 2.79 bits per heavy atom. The van der Waals surface area contributed by atoms with Gasteiger partial charge in [0, 0.05) is 11.5 Å². The van der Waals surface area contributed by atoms with E-state index in [1.807, 2.05) is 19.9 Å². The maximum atomic E-state index is 10.9. The Hall–Kier alpha value is -1.51. The summed E-state index contributed by atoms with van der Waals surface area (Å²) < 4.78 is 5.53. The van der Waals surface area contributed by atoms with Crippen molar-refractivity contribution >= 4 is 5.97 Å². The molecule has 1 heterocycles. The van der Waals surface area contributed by atoms with Crippen LogP contribution in [-0.2, 0) is 0 Å². The van der Waals surface area contributed by atoms with Gasteiger partial charge in [-0.15, -0.1) is 0 Å². The highest BCUT2D eigenvalue weighted by molar-refractivity contribution is 5.91. The second kappa shape index (κ2) is 3.01. The molecule has 0 aromatic heterocycles. The highest BCUT2D eigenvalue weighted by Gasteiger charge is 2.30. The molecule has 14 heavy (non-hydrogen) atoms. The summed E-state index contributed by atoms with van der Waals surface area (Å²) in [6, 6.07) is 5.27. The van der Waals surface area contributed by atoms with Gasteiger partial charge in [-0.25, -0.2) is 4.79 Å². The Balaban J connectivity index is 2.56. The quantitative estimate of drug-likeness (QED) is 0.742. The third-order valence-electron chi connectivity index (χ3n) is 2.77. The van der Waals surface area contributed by atoms with Gasteiger partial charge in [-0.2, -0.15) is 0 Å². The summed E-state index contributed by atoms with van der Waals surface area (Å²) in [4.78, 5) is 10.9. The maximum absolute atomic E-state index is 10.9. The smallest absolute Gasteiger partial charge is 0.339 e. The first-order valence-corrected chi connectivity index (χ1v) is 4.64. The molecule has 0 unspecified atom stereocenters. The van der Waals surface area contributed by atoms with E-state index in [-0.39, 0.29) is 17.6 Å². The van der Waals surface area contributed by atoms with Crippen LogP contribution in [0.1, 0.15) is 35.7 Å². The number of carboxylic acids is 1. The van der Waals surface area contributed by atoms with E-state index in [2.05, 4.69) is 0 Å². The second-order valence-electron chi connectivity index (χ2n) is 3.64. The summed E-state index contributed by atoms with van der Waals surface area (Å²) in [5.74, 6) is -0.118. The Bertz CT molecular complexity index is 384. The summed E-state index contributed by atoms with van der Waals surface area (Å²) in [7, 11) is 0. The molecule has 0 aliphatic carbocycles. The number of aromatic carboxylic acids is 1. The molecule has 0 spiro atoms. The molecule has 0 amide bonds. The summed E-state index contributed by atoms with van der Waals surface area (Å²) in [6.45, 7) is 4.00. The van der Waals surface area contributed by atoms with Crippen LogP contribution < -0.4 is 4.74 Å². The average molecular weight is 192 g/mol. The van der Waals surface area contributed by atoms with Crippen LogP contribution in [0.15, 0.2) is 18.2 Å². The zero-order valence-corrected chi connectivity index (χ0v) is 8.15. The Kier molecular flexibility index (Phi) is 1.95. The zero-order valence-electron chi connectivity index (χ0n) is 8.15. The number of carboxylic acid groups (broad SMARTS) is 1. The second-order valence-corrected chi connectivity index (χ2v) is 3.64. The van der Waals surface area contributed by atoms with Crippen molar-refractivity contribution in [2.45, 2.75) is 25.9 Å². The van der Waals surface area contributed by atoms with E-state index >= 15 is 0 Å². The van der Waals surface area contributed by atoms with Gasteiger partial charge >= 0.3 is 5.97 Å². The first-order chi connectivity index (χ1) is 6.61. The predicted octanol–water partition coefficient (Wildman–Crippen LogP) is 2.27. The number of benzene rings is 1. The molecule has 0 saturated heterocycles. The van der Waals surface area contributed by atoms with Gasteiger partial charge in [0.2, 0.25) is 0 Å². The standard InChI is InChI=1S/C11H12O3/c1-6-7(2)14-10-8(6)4-3-5-9(10)11(12)13/h3-7H,1-2H3,(H,12,13)/t6-,7+/m0/s1. The van der Waals surface area contributed by atoms with Gasteiger partial charge in [0.15, 0.2) is 0 Å². The topological polar surface area (TPSA) is 46.5 Å². The molecule has 2 atom stereocenters. The van der Waals surface area contributed by atoms with Crippen LogP contribution in [0, 0.1) is 0 Å². The van der Waals surface area contributed by atoms with Crippen LogP contribution in [0.2, 0.25) is 0 Å². The molecule has 74 valence electrons. The Labute approximate surface area is 82.3 Å². The van der Waals surface area contributed by atoms with E-state index in [0.717, 1.165) is 5.56 Å². The van der Waals surface area contributed by atoms with Crippen molar-refractivity contribution in [3.05, 3.63) is 29.3 Å². The van der Waals surface area contributed by atoms with E-state index in [9.17, 15) is 4.79 Å². The molecule has 2 rings (SSSR count). The van der Waals surface area contributed by atoms with Crippen molar-refractivity contribution in [2.75, 3.05) is 0 Å². The molecule has 1 N–H and O–H groups in total. The zero-order chi connectivity index (χ0) is 10.3. The van der Waals surface area contributed by atoms with Gasteiger partial charge in [0.05, 0.1) is 0 Å². The fourth-order valence-corrected chi connectivity index (χ4v) is 1.75. The average Bonchev–Trinajstić information content (AvgIpc) is 2.43.